The molecule has 112 valence electrons. The summed E-state index contributed by atoms with van der Waals surface area (Å²) in [7, 11) is -1.50. The van der Waals surface area contributed by atoms with Gasteiger partial charge in [-0.3, -0.25) is 4.90 Å². The van der Waals surface area contributed by atoms with E-state index in [4.69, 9.17) is 5.73 Å². The van der Waals surface area contributed by atoms with Gasteiger partial charge in [0, 0.05) is 37.9 Å². The second-order valence-electron chi connectivity index (χ2n) is 5.39. The van der Waals surface area contributed by atoms with Gasteiger partial charge in [0.25, 0.3) is 10.0 Å². The van der Waals surface area contributed by atoms with Gasteiger partial charge in [-0.1, -0.05) is 6.07 Å². The van der Waals surface area contributed by atoms with Crippen molar-refractivity contribution in [3.63, 3.8) is 0 Å². The molecule has 2 N–H and O–H groups in total. The number of hydrogen-bond donors (Lipinski definition) is 1. The third-order valence-electron chi connectivity index (χ3n) is 3.96. The molecule has 1 aliphatic rings. The summed E-state index contributed by atoms with van der Waals surface area (Å²) in [5, 5.41) is 0.0960. The lowest BCUT2D eigenvalue weighted by Gasteiger charge is -2.41. The second kappa shape index (κ2) is 5.77. The molecule has 20 heavy (non-hydrogen) atoms. The molecular formula is C13H22N4O2S. The zero-order valence-corrected chi connectivity index (χ0v) is 13.0. The highest BCUT2D eigenvalue weighted by Crippen LogP contribution is 2.20. The van der Waals surface area contributed by atoms with Gasteiger partial charge in [0.2, 0.25) is 0 Å². The average Bonchev–Trinajstić information content (AvgIpc) is 2.44. The van der Waals surface area contributed by atoms with Crippen LogP contribution in [0.15, 0.2) is 23.4 Å². The molecule has 6 nitrogen and oxygen atoms in total. The number of nitrogens with two attached hydrogens (primary N) is 1. The molecule has 1 aliphatic heterocycles. The van der Waals surface area contributed by atoms with E-state index in [1.165, 1.54) is 16.6 Å². The summed E-state index contributed by atoms with van der Waals surface area (Å²) >= 11 is 0. The summed E-state index contributed by atoms with van der Waals surface area (Å²) in [5.41, 5.74) is 6.32. The van der Waals surface area contributed by atoms with Crippen LogP contribution in [0.3, 0.4) is 0 Å². The minimum Gasteiger partial charge on any atom is -0.326 e. The van der Waals surface area contributed by atoms with Crippen LogP contribution in [-0.4, -0.2) is 54.8 Å². The normalized spacial score (nSPS) is 25.8. The molecule has 0 saturated carbocycles. The Bertz CT molecular complexity index is 546. The van der Waals surface area contributed by atoms with E-state index < -0.39 is 10.0 Å². The summed E-state index contributed by atoms with van der Waals surface area (Å²) in [6.45, 7) is 5.40. The van der Waals surface area contributed by atoms with Gasteiger partial charge < -0.3 is 5.73 Å². The van der Waals surface area contributed by atoms with E-state index in [9.17, 15) is 8.42 Å². The average molecular weight is 298 g/mol. The second-order valence-corrected chi connectivity index (χ2v) is 7.28. The molecule has 0 amide bonds. The predicted octanol–water partition coefficient (Wildman–Crippen LogP) is 0.253. The zero-order valence-electron chi connectivity index (χ0n) is 12.2. The molecule has 0 aliphatic carbocycles. The summed E-state index contributed by atoms with van der Waals surface area (Å²) < 4.78 is 26.7. The highest BCUT2D eigenvalue weighted by Gasteiger charge is 2.34. The standard InChI is InChI=1S/C13H22N4O2S/c1-10-8-17(9-11(2)16(10)3)20(18,19)13-5-4-12(6-14)7-15-13/h4-5,7,10-11H,6,8-9,14H2,1-3H3. The molecule has 7 heteroatoms. The fraction of sp³-hybridized carbons (Fsp3) is 0.615. The third kappa shape index (κ3) is 2.85. The quantitative estimate of drug-likeness (QED) is 0.865. The van der Waals surface area contributed by atoms with Crippen molar-refractivity contribution in [2.24, 2.45) is 5.73 Å². The Balaban J connectivity index is 2.25. The Hall–Kier alpha value is -1.02. The van der Waals surface area contributed by atoms with Crippen molar-refractivity contribution in [1.82, 2.24) is 14.2 Å². The van der Waals surface area contributed by atoms with Gasteiger partial charge in [-0.05, 0) is 32.5 Å². The number of pyridine rings is 1. The number of sulfonamides is 1. The molecule has 0 bridgehead atoms. The predicted molar refractivity (Wildman–Crippen MR) is 77.6 cm³/mol. The fourth-order valence-electron chi connectivity index (χ4n) is 2.37. The summed E-state index contributed by atoms with van der Waals surface area (Å²) in [6, 6.07) is 3.63. The van der Waals surface area contributed by atoms with E-state index in [2.05, 4.69) is 9.88 Å². The Kier molecular flexibility index (Phi) is 4.43. The van der Waals surface area contributed by atoms with Crippen molar-refractivity contribution < 1.29 is 8.42 Å². The van der Waals surface area contributed by atoms with Crippen molar-refractivity contribution >= 4 is 10.0 Å². The smallest absolute Gasteiger partial charge is 0.260 e. The maximum atomic E-state index is 12.6. The van der Waals surface area contributed by atoms with Crippen molar-refractivity contribution in [2.75, 3.05) is 20.1 Å². The van der Waals surface area contributed by atoms with Gasteiger partial charge >= 0.3 is 0 Å². The third-order valence-corrected chi connectivity index (χ3v) is 5.71. The monoisotopic (exact) mass is 298 g/mol. The van der Waals surface area contributed by atoms with Crippen LogP contribution in [0.2, 0.25) is 0 Å². The molecule has 1 aromatic rings. The van der Waals surface area contributed by atoms with E-state index in [1.54, 1.807) is 6.07 Å². The number of rotatable bonds is 3. The van der Waals surface area contributed by atoms with Gasteiger partial charge in [-0.2, -0.15) is 4.31 Å². The van der Waals surface area contributed by atoms with E-state index in [-0.39, 0.29) is 17.1 Å². The van der Waals surface area contributed by atoms with Crippen LogP contribution < -0.4 is 5.73 Å². The first-order chi connectivity index (χ1) is 9.36. The van der Waals surface area contributed by atoms with Crippen LogP contribution >= 0.6 is 0 Å². The van der Waals surface area contributed by atoms with Crippen LogP contribution in [0, 0.1) is 0 Å². The molecular weight excluding hydrogens is 276 g/mol. The molecule has 0 radical (unpaired) electrons. The lowest BCUT2D eigenvalue weighted by molar-refractivity contribution is 0.105. The molecule has 0 spiro atoms. The molecule has 0 aromatic carbocycles. The molecule has 2 heterocycles. The largest absolute Gasteiger partial charge is 0.326 e. The molecule has 2 atom stereocenters. The number of nitrogens with zero attached hydrogens (tertiary/aromatic N) is 3. The maximum absolute atomic E-state index is 12.6. The maximum Gasteiger partial charge on any atom is 0.260 e. The Morgan fingerprint density at radius 2 is 1.90 bits per heavy atom. The summed E-state index contributed by atoms with van der Waals surface area (Å²) in [4.78, 5) is 6.23. The number of likely N-dealkylation sites (N-methyl/N-ethyl adjacent to an activating group) is 1. The van der Waals surface area contributed by atoms with Crippen LogP contribution in [0.25, 0.3) is 0 Å². The van der Waals surface area contributed by atoms with Crippen molar-refractivity contribution in [2.45, 2.75) is 37.5 Å². The SMILES string of the molecule is CC1CN(S(=O)(=O)c2ccc(CN)cn2)CC(C)N1C. The molecule has 2 unspecified atom stereocenters. The van der Waals surface area contributed by atoms with Crippen LogP contribution in [0.5, 0.6) is 0 Å². The first-order valence-electron chi connectivity index (χ1n) is 6.73. The first-order valence-corrected chi connectivity index (χ1v) is 8.17. The topological polar surface area (TPSA) is 79.5 Å². The summed E-state index contributed by atoms with van der Waals surface area (Å²) in [5.74, 6) is 0. The number of aromatic nitrogens is 1. The highest BCUT2D eigenvalue weighted by atomic mass is 32.2. The van der Waals surface area contributed by atoms with Crippen molar-refractivity contribution in [1.29, 1.82) is 0 Å². The molecule has 1 aromatic heterocycles. The zero-order chi connectivity index (χ0) is 14.9. The van der Waals surface area contributed by atoms with E-state index in [0.29, 0.717) is 19.6 Å². The number of piperazine rings is 1. The lowest BCUT2D eigenvalue weighted by Crippen LogP contribution is -2.56. The minimum atomic E-state index is -3.52. The number of hydrogen-bond acceptors (Lipinski definition) is 5. The highest BCUT2D eigenvalue weighted by molar-refractivity contribution is 7.89. The van der Waals surface area contributed by atoms with Gasteiger partial charge in [0.05, 0.1) is 0 Å². The lowest BCUT2D eigenvalue weighted by atomic mass is 10.1. The van der Waals surface area contributed by atoms with Gasteiger partial charge in [-0.15, -0.1) is 0 Å². The van der Waals surface area contributed by atoms with Gasteiger partial charge in [0.1, 0.15) is 0 Å². The first kappa shape index (κ1) is 15.4. The van der Waals surface area contributed by atoms with Crippen LogP contribution in [0.1, 0.15) is 19.4 Å². The minimum absolute atomic E-state index is 0.0960. The van der Waals surface area contributed by atoms with Crippen molar-refractivity contribution in [3.05, 3.63) is 23.9 Å². The van der Waals surface area contributed by atoms with E-state index in [0.717, 1.165) is 5.56 Å². The van der Waals surface area contributed by atoms with E-state index in [1.807, 2.05) is 20.9 Å². The Labute approximate surface area is 120 Å². The molecule has 2 rings (SSSR count). The molecule has 1 fully saturated rings. The Morgan fingerprint density at radius 1 is 1.30 bits per heavy atom. The van der Waals surface area contributed by atoms with Gasteiger partial charge in [0.15, 0.2) is 5.03 Å². The van der Waals surface area contributed by atoms with Gasteiger partial charge in [-0.25, -0.2) is 13.4 Å². The Morgan fingerprint density at radius 3 is 2.35 bits per heavy atom. The summed E-state index contributed by atoms with van der Waals surface area (Å²) in [6.07, 6.45) is 1.52. The fourth-order valence-corrected chi connectivity index (χ4v) is 3.88. The van der Waals surface area contributed by atoms with E-state index >= 15 is 0 Å². The van der Waals surface area contributed by atoms with Crippen LogP contribution in [0.4, 0.5) is 0 Å². The molecule has 1 saturated heterocycles. The van der Waals surface area contributed by atoms with Crippen molar-refractivity contribution in [3.8, 4) is 0 Å². The van der Waals surface area contributed by atoms with Crippen LogP contribution in [-0.2, 0) is 16.6 Å².